The second-order valence-electron chi connectivity index (χ2n) is 6.35. The summed E-state index contributed by atoms with van der Waals surface area (Å²) in [7, 11) is 0. The number of hydrogen-bond acceptors (Lipinski definition) is 3. The van der Waals surface area contributed by atoms with E-state index in [1.165, 1.54) is 12.1 Å². The van der Waals surface area contributed by atoms with Crippen molar-refractivity contribution in [1.82, 2.24) is 9.80 Å². The first kappa shape index (κ1) is 17.6. The lowest BCUT2D eigenvalue weighted by atomic mass is 10.1. The minimum absolute atomic E-state index is 0.0301. The lowest BCUT2D eigenvalue weighted by Gasteiger charge is -2.29. The number of benzene rings is 1. The number of thioether (sulfide) groups is 1. The smallest absolute Gasteiger partial charge is 0.341 e. The van der Waals surface area contributed by atoms with E-state index in [-0.39, 0.29) is 11.8 Å². The molecule has 2 heterocycles. The van der Waals surface area contributed by atoms with Gasteiger partial charge in [0, 0.05) is 37.7 Å². The highest BCUT2D eigenvalue weighted by molar-refractivity contribution is 7.99. The highest BCUT2D eigenvalue weighted by Crippen LogP contribution is 2.29. The Hall–Kier alpha value is -1.21. The van der Waals surface area contributed by atoms with E-state index in [9.17, 15) is 18.0 Å². The molecule has 1 atom stereocenters. The highest BCUT2D eigenvalue weighted by Gasteiger charge is 2.32. The van der Waals surface area contributed by atoms with E-state index in [1.807, 2.05) is 16.7 Å². The second-order valence-corrected chi connectivity index (χ2v) is 7.58. The number of halogens is 3. The number of likely N-dealkylation sites (tertiary alicyclic amines) is 1. The molecule has 132 valence electrons. The molecule has 2 aliphatic heterocycles. The Labute approximate surface area is 144 Å². The van der Waals surface area contributed by atoms with Gasteiger partial charge < -0.3 is 4.90 Å². The van der Waals surface area contributed by atoms with Crippen molar-refractivity contribution in [1.29, 1.82) is 0 Å². The van der Waals surface area contributed by atoms with Gasteiger partial charge in [-0.1, -0.05) is 12.1 Å². The molecule has 1 unspecified atom stereocenters. The molecule has 2 saturated heterocycles. The number of rotatable bonds is 3. The van der Waals surface area contributed by atoms with Crippen LogP contribution in [0.1, 0.15) is 17.5 Å². The van der Waals surface area contributed by atoms with Gasteiger partial charge in [-0.2, -0.15) is 24.9 Å². The van der Waals surface area contributed by atoms with E-state index in [2.05, 4.69) is 4.90 Å². The molecule has 1 amide bonds. The van der Waals surface area contributed by atoms with Gasteiger partial charge in [-0.05, 0) is 30.7 Å². The zero-order valence-corrected chi connectivity index (χ0v) is 14.2. The molecule has 3 rings (SSSR count). The van der Waals surface area contributed by atoms with E-state index in [1.54, 1.807) is 0 Å². The maximum absolute atomic E-state index is 12.6. The summed E-state index contributed by atoms with van der Waals surface area (Å²) in [5.74, 6) is 2.29. The fourth-order valence-corrected chi connectivity index (χ4v) is 4.18. The van der Waals surface area contributed by atoms with Gasteiger partial charge in [0.1, 0.15) is 0 Å². The topological polar surface area (TPSA) is 23.6 Å². The van der Waals surface area contributed by atoms with Gasteiger partial charge >= 0.3 is 6.18 Å². The average molecular weight is 358 g/mol. The molecule has 0 aromatic heterocycles. The maximum atomic E-state index is 12.6. The molecule has 0 bridgehead atoms. The van der Waals surface area contributed by atoms with Crippen LogP contribution < -0.4 is 0 Å². The van der Waals surface area contributed by atoms with Crippen LogP contribution in [0, 0.1) is 5.92 Å². The van der Waals surface area contributed by atoms with E-state index in [0.717, 1.165) is 55.3 Å². The van der Waals surface area contributed by atoms with Gasteiger partial charge in [0.25, 0.3) is 0 Å². The summed E-state index contributed by atoms with van der Waals surface area (Å²) < 4.78 is 37.8. The van der Waals surface area contributed by atoms with Gasteiger partial charge in [0.05, 0.1) is 11.5 Å². The standard InChI is InChI=1S/C17H21F3N2OS/c18-17(19,20)15-3-1-13(2-4-15)11-21-6-5-14(12-21)16(23)22-7-9-24-10-8-22/h1-4,14H,5-12H2. The summed E-state index contributed by atoms with van der Waals surface area (Å²) in [6.45, 7) is 3.78. The van der Waals surface area contributed by atoms with Crippen LogP contribution in [0.4, 0.5) is 13.2 Å². The predicted octanol–water partition coefficient (Wildman–Crippen LogP) is 3.10. The molecule has 0 saturated carbocycles. The van der Waals surface area contributed by atoms with Crippen molar-refractivity contribution in [3.63, 3.8) is 0 Å². The molecular formula is C17H21F3N2OS. The lowest BCUT2D eigenvalue weighted by molar-refractivity contribution is -0.137. The van der Waals surface area contributed by atoms with Crippen molar-refractivity contribution >= 4 is 17.7 Å². The Bertz CT molecular complexity index is 570. The third-order valence-electron chi connectivity index (χ3n) is 4.63. The molecule has 0 spiro atoms. The van der Waals surface area contributed by atoms with E-state index < -0.39 is 11.7 Å². The van der Waals surface area contributed by atoms with Crippen molar-refractivity contribution in [2.45, 2.75) is 19.1 Å². The third-order valence-corrected chi connectivity index (χ3v) is 5.57. The van der Waals surface area contributed by atoms with Crippen LogP contribution in [0.2, 0.25) is 0 Å². The van der Waals surface area contributed by atoms with Crippen molar-refractivity contribution in [2.75, 3.05) is 37.7 Å². The molecule has 0 N–H and O–H groups in total. The first-order valence-corrected chi connectivity index (χ1v) is 9.34. The Balaban J connectivity index is 1.53. The van der Waals surface area contributed by atoms with Crippen LogP contribution in [0.15, 0.2) is 24.3 Å². The van der Waals surface area contributed by atoms with Crippen LogP contribution in [0.5, 0.6) is 0 Å². The molecule has 24 heavy (non-hydrogen) atoms. The largest absolute Gasteiger partial charge is 0.416 e. The van der Waals surface area contributed by atoms with E-state index in [4.69, 9.17) is 0 Å². The molecule has 7 heteroatoms. The number of hydrogen-bond donors (Lipinski definition) is 0. The van der Waals surface area contributed by atoms with Crippen LogP contribution in [0.25, 0.3) is 0 Å². The normalized spacial score (nSPS) is 22.8. The summed E-state index contributed by atoms with van der Waals surface area (Å²) in [6.07, 6.45) is -3.46. The molecule has 1 aromatic carbocycles. The molecule has 3 nitrogen and oxygen atoms in total. The zero-order chi connectivity index (χ0) is 17.2. The predicted molar refractivity (Wildman–Crippen MR) is 88.7 cm³/mol. The Morgan fingerprint density at radius 2 is 1.79 bits per heavy atom. The Morgan fingerprint density at radius 3 is 2.42 bits per heavy atom. The fourth-order valence-electron chi connectivity index (χ4n) is 3.28. The van der Waals surface area contributed by atoms with Crippen LogP contribution in [0.3, 0.4) is 0 Å². The summed E-state index contributed by atoms with van der Waals surface area (Å²) in [6, 6.07) is 5.30. The molecule has 0 aliphatic carbocycles. The summed E-state index contributed by atoms with van der Waals surface area (Å²) in [4.78, 5) is 16.6. The van der Waals surface area contributed by atoms with Crippen LogP contribution in [-0.4, -0.2) is 53.4 Å². The first-order chi connectivity index (χ1) is 11.4. The monoisotopic (exact) mass is 358 g/mol. The summed E-state index contributed by atoms with van der Waals surface area (Å²) >= 11 is 1.88. The molecule has 0 radical (unpaired) electrons. The minimum atomic E-state index is -4.30. The van der Waals surface area contributed by atoms with Crippen molar-refractivity contribution in [2.24, 2.45) is 5.92 Å². The third kappa shape index (κ3) is 4.25. The Morgan fingerprint density at radius 1 is 1.12 bits per heavy atom. The average Bonchev–Trinajstić information content (AvgIpc) is 3.03. The van der Waals surface area contributed by atoms with Gasteiger partial charge in [-0.15, -0.1) is 0 Å². The molecule has 1 aromatic rings. The minimum Gasteiger partial charge on any atom is -0.341 e. The number of carbonyl (C=O) groups excluding carboxylic acids is 1. The van der Waals surface area contributed by atoms with Crippen molar-refractivity contribution < 1.29 is 18.0 Å². The quantitative estimate of drug-likeness (QED) is 0.830. The lowest BCUT2D eigenvalue weighted by Crippen LogP contribution is -2.42. The summed E-state index contributed by atoms with van der Waals surface area (Å²) in [5.41, 5.74) is 0.231. The number of alkyl halides is 3. The van der Waals surface area contributed by atoms with Gasteiger partial charge in [0.2, 0.25) is 5.91 Å². The number of amides is 1. The van der Waals surface area contributed by atoms with Crippen molar-refractivity contribution in [3.8, 4) is 0 Å². The van der Waals surface area contributed by atoms with Crippen LogP contribution in [-0.2, 0) is 17.5 Å². The molecular weight excluding hydrogens is 337 g/mol. The number of nitrogens with zero attached hydrogens (tertiary/aromatic N) is 2. The van der Waals surface area contributed by atoms with Gasteiger partial charge in [-0.25, -0.2) is 0 Å². The SMILES string of the molecule is O=C(C1CCN(Cc2ccc(C(F)(F)F)cc2)C1)N1CCSCC1. The van der Waals surface area contributed by atoms with E-state index >= 15 is 0 Å². The summed E-state index contributed by atoms with van der Waals surface area (Å²) in [5, 5.41) is 0. The first-order valence-electron chi connectivity index (χ1n) is 8.18. The van der Waals surface area contributed by atoms with Crippen LogP contribution >= 0.6 is 11.8 Å². The van der Waals surface area contributed by atoms with Gasteiger partial charge in [-0.3, -0.25) is 9.69 Å². The van der Waals surface area contributed by atoms with Gasteiger partial charge in [0.15, 0.2) is 0 Å². The zero-order valence-electron chi connectivity index (χ0n) is 13.4. The maximum Gasteiger partial charge on any atom is 0.416 e. The highest BCUT2D eigenvalue weighted by atomic mass is 32.2. The van der Waals surface area contributed by atoms with E-state index in [0.29, 0.717) is 13.1 Å². The molecule has 2 aliphatic rings. The number of carbonyl (C=O) groups is 1. The Kier molecular flexibility index (Phi) is 5.39. The molecule has 2 fully saturated rings. The second kappa shape index (κ2) is 7.35. The van der Waals surface area contributed by atoms with Crippen molar-refractivity contribution in [3.05, 3.63) is 35.4 Å². The fraction of sp³-hybridized carbons (Fsp3) is 0.588.